The summed E-state index contributed by atoms with van der Waals surface area (Å²) in [7, 11) is -3.62. The molecule has 3 aliphatic heterocycles. The molecule has 8 aliphatic rings. The molecule has 49 heavy (non-hydrogen) atoms. The number of nitrogens with zero attached hydrogens (tertiary/aromatic N) is 1. The molecule has 277 valence electrons. The van der Waals surface area contributed by atoms with E-state index in [0.29, 0.717) is 37.2 Å². The molecule has 5 aliphatic carbocycles. The maximum absolute atomic E-state index is 12.5. The molecular weight excluding hydrogens is 644 g/mol. The highest BCUT2D eigenvalue weighted by Gasteiger charge is 2.85. The van der Waals surface area contributed by atoms with Gasteiger partial charge in [-0.15, -0.1) is 0 Å². The predicted octanol–water partition coefficient (Wildman–Crippen LogP) is 4.22. The molecule has 3 N–H and O–H groups in total. The van der Waals surface area contributed by atoms with E-state index in [2.05, 4.69) is 44.2 Å². The number of ether oxygens (including phenoxy) is 4. The van der Waals surface area contributed by atoms with Crippen LogP contribution >= 0.6 is 0 Å². The molecule has 3 radical (unpaired) electrons. The molecule has 11 heteroatoms. The van der Waals surface area contributed by atoms with Gasteiger partial charge < -0.3 is 29.2 Å². The van der Waals surface area contributed by atoms with Gasteiger partial charge in [0, 0.05) is 17.9 Å². The Morgan fingerprint density at radius 2 is 1.84 bits per heavy atom. The molecule has 0 bridgehead atoms. The Hall–Kier alpha value is -0.370. The van der Waals surface area contributed by atoms with Crippen molar-refractivity contribution in [3.63, 3.8) is 0 Å². The van der Waals surface area contributed by atoms with Gasteiger partial charge in [0.1, 0.15) is 12.2 Å². The molecule has 0 aromatic carbocycles. The molecule has 8 fully saturated rings. The minimum atomic E-state index is -3.62. The number of rotatable bonds is 7. The number of hydrogen-bond acceptors (Lipinski definition) is 9. The topological polar surface area (TPSA) is 127 Å². The smallest absolute Gasteiger partial charge is 0.209 e. The van der Waals surface area contributed by atoms with Crippen LogP contribution < -0.4 is 4.72 Å². The fraction of sp³-hybridized carbons (Fsp3) is 0.921. The van der Waals surface area contributed by atoms with E-state index in [1.54, 1.807) is 19.8 Å². The van der Waals surface area contributed by atoms with Gasteiger partial charge in [-0.05, 0) is 105 Å². The Morgan fingerprint density at radius 3 is 2.49 bits per heavy atom. The first kappa shape index (κ1) is 35.6. The summed E-state index contributed by atoms with van der Waals surface area (Å²) in [6.07, 6.45) is 9.67. The van der Waals surface area contributed by atoms with Gasteiger partial charge in [0.05, 0.1) is 62.5 Å². The van der Waals surface area contributed by atoms with Crippen molar-refractivity contribution in [3.8, 4) is 0 Å². The van der Waals surface area contributed by atoms with E-state index >= 15 is 0 Å². The summed E-state index contributed by atoms with van der Waals surface area (Å²) in [6.45, 7) is 19.1. The first-order valence-electron chi connectivity index (χ1n) is 19.0. The van der Waals surface area contributed by atoms with Crippen molar-refractivity contribution < 1.29 is 37.6 Å². The number of hydrogen-bond donors (Lipinski definition) is 3. The second-order valence-electron chi connectivity index (χ2n) is 19.1. The summed E-state index contributed by atoms with van der Waals surface area (Å²) in [5.41, 5.74) is -1.62. The zero-order chi connectivity index (χ0) is 35.2. The average Bonchev–Trinajstić information content (AvgIpc) is 3.60. The molecule has 0 amide bonds. The third-order valence-electron chi connectivity index (χ3n) is 15.9. The Morgan fingerprint density at radius 1 is 1.10 bits per heavy atom. The monoisotopic (exact) mass is 705 g/mol. The first-order chi connectivity index (χ1) is 22.8. The van der Waals surface area contributed by atoms with Crippen LogP contribution in [0.2, 0.25) is 0 Å². The number of nitrogens with one attached hydrogen (secondary N) is 1. The lowest BCUT2D eigenvalue weighted by molar-refractivity contribution is -0.252. The van der Waals surface area contributed by atoms with Crippen LogP contribution in [0.1, 0.15) is 99.8 Å². The maximum atomic E-state index is 12.5. The summed E-state index contributed by atoms with van der Waals surface area (Å²) in [5.74, 6) is 2.30. The van der Waals surface area contributed by atoms with Crippen molar-refractivity contribution in [2.24, 2.45) is 44.8 Å². The first-order valence-corrected chi connectivity index (χ1v) is 20.9. The molecular formula is C38H61N2O8S. The summed E-state index contributed by atoms with van der Waals surface area (Å²) >= 11 is 0. The summed E-state index contributed by atoms with van der Waals surface area (Å²) in [6, 6.07) is -0.420. The van der Waals surface area contributed by atoms with Gasteiger partial charge in [0.15, 0.2) is 6.29 Å². The molecule has 2 spiro atoms. The normalized spacial score (nSPS) is 48.4. The van der Waals surface area contributed by atoms with E-state index in [0.717, 1.165) is 71.1 Å². The number of morpholine rings is 1. The van der Waals surface area contributed by atoms with Gasteiger partial charge in [0.25, 0.3) is 0 Å². The van der Waals surface area contributed by atoms with Crippen molar-refractivity contribution >= 4 is 10.0 Å². The number of fused-ring (bicyclic) bond motifs is 4. The Balaban J connectivity index is 1.03. The van der Waals surface area contributed by atoms with E-state index < -0.39 is 33.2 Å². The Bertz CT molecular complexity index is 1420. The predicted molar refractivity (Wildman–Crippen MR) is 184 cm³/mol. The summed E-state index contributed by atoms with van der Waals surface area (Å²) < 4.78 is 52.6. The fourth-order valence-corrected chi connectivity index (χ4v) is 14.2. The van der Waals surface area contributed by atoms with Gasteiger partial charge in [-0.3, -0.25) is 4.90 Å². The van der Waals surface area contributed by atoms with Crippen LogP contribution in [-0.4, -0.2) is 98.9 Å². The fourth-order valence-electron chi connectivity index (χ4n) is 13.3. The van der Waals surface area contributed by atoms with Crippen molar-refractivity contribution in [2.75, 3.05) is 39.2 Å². The molecule has 11 atom stereocenters. The van der Waals surface area contributed by atoms with Crippen LogP contribution in [0.5, 0.6) is 0 Å². The van der Waals surface area contributed by atoms with Crippen LogP contribution in [0, 0.1) is 63.0 Å². The minimum absolute atomic E-state index is 0.0113. The number of sulfonamides is 1. The number of aliphatic hydroxyl groups excluding tert-OH is 1. The quantitative estimate of drug-likeness (QED) is 0.357. The molecule has 3 saturated heterocycles. The highest BCUT2D eigenvalue weighted by atomic mass is 32.2. The molecule has 0 aromatic heterocycles. The second kappa shape index (κ2) is 11.3. The Labute approximate surface area is 294 Å². The standard InChI is InChI=1S/C38H61N2O8S/c1-22-17-24(31(34(4,5)42)39-49(8,43)44)47-30-29(22)35(6)13-14-38-21-37(38)12-11-27(48-28-18-40(15-16-46-28)23-19-45-20-23)33(2,3)25(37)9-10-26(38)36(35,7)32(30)41/h22-23,25,27-29,31-32,39,41-42H,9-21H2,1-8H3/t22-,25+,27?,28+,29+,31+,32+,35-,36-,37-,38+/m1/s1. The van der Waals surface area contributed by atoms with Gasteiger partial charge in [0.2, 0.25) is 10.0 Å². The van der Waals surface area contributed by atoms with E-state index in [-0.39, 0.29) is 45.9 Å². The highest BCUT2D eigenvalue weighted by molar-refractivity contribution is 7.88. The largest absolute Gasteiger partial charge is 0.389 e. The van der Waals surface area contributed by atoms with E-state index in [4.69, 9.17) is 18.9 Å². The molecule has 3 heterocycles. The molecule has 10 nitrogen and oxygen atoms in total. The zero-order valence-corrected chi connectivity index (χ0v) is 31.8. The Kier molecular flexibility index (Phi) is 8.24. The summed E-state index contributed by atoms with van der Waals surface area (Å²) in [4.78, 5) is 2.48. The van der Waals surface area contributed by atoms with E-state index in [1.165, 1.54) is 6.42 Å². The average molecular weight is 706 g/mol. The van der Waals surface area contributed by atoms with Crippen molar-refractivity contribution in [1.29, 1.82) is 0 Å². The lowest BCUT2D eigenvalue weighted by Crippen LogP contribution is -2.60. The second-order valence-corrected chi connectivity index (χ2v) is 20.9. The van der Waals surface area contributed by atoms with Crippen LogP contribution in [0.3, 0.4) is 0 Å². The minimum Gasteiger partial charge on any atom is -0.389 e. The van der Waals surface area contributed by atoms with E-state index in [9.17, 15) is 18.6 Å². The van der Waals surface area contributed by atoms with Crippen LogP contribution in [-0.2, 0) is 29.0 Å². The third-order valence-corrected chi connectivity index (χ3v) is 16.5. The maximum Gasteiger partial charge on any atom is 0.209 e. The van der Waals surface area contributed by atoms with Crippen molar-refractivity contribution in [1.82, 2.24) is 9.62 Å². The van der Waals surface area contributed by atoms with Gasteiger partial charge >= 0.3 is 0 Å². The van der Waals surface area contributed by atoms with Crippen molar-refractivity contribution in [2.45, 2.75) is 136 Å². The molecule has 0 aromatic rings. The van der Waals surface area contributed by atoms with Crippen LogP contribution in [0.4, 0.5) is 0 Å². The molecule has 8 rings (SSSR count). The third kappa shape index (κ3) is 5.01. The van der Waals surface area contributed by atoms with E-state index in [1.807, 2.05) is 0 Å². The molecule has 1 unspecified atom stereocenters. The van der Waals surface area contributed by atoms with Gasteiger partial charge in [-0.25, -0.2) is 13.1 Å². The SMILES string of the molecule is C[C@@H]1C[C]([C@H](NS(C)(=O)=O)C(C)(C)O)O[C]2[C@H]1[C@@]1(C)CC[C@@]34C[C@@]35CCC(O[C@H]3CN(C6COC6)CCO3)C(C)(C)[C@@H]5CC[C]4[C@]1(C)[C@H]2O. The van der Waals surface area contributed by atoms with Gasteiger partial charge in [-0.1, -0.05) is 34.6 Å². The van der Waals surface area contributed by atoms with Crippen molar-refractivity contribution in [3.05, 3.63) is 18.1 Å². The van der Waals surface area contributed by atoms with Crippen LogP contribution in [0.25, 0.3) is 0 Å². The number of aliphatic hydroxyl groups is 2. The lowest BCUT2D eigenvalue weighted by atomic mass is 9.41. The zero-order valence-electron chi connectivity index (χ0n) is 31.0. The highest BCUT2D eigenvalue weighted by Crippen LogP contribution is 2.90. The molecule has 5 saturated carbocycles. The lowest BCUT2D eigenvalue weighted by Gasteiger charge is -2.63. The summed E-state index contributed by atoms with van der Waals surface area (Å²) in [5, 5.41) is 23.6. The van der Waals surface area contributed by atoms with Gasteiger partial charge in [-0.2, -0.15) is 0 Å². The van der Waals surface area contributed by atoms with Crippen LogP contribution in [0.15, 0.2) is 0 Å².